The molecule has 0 bridgehead atoms. The monoisotopic (exact) mass is 352 g/mol. The summed E-state index contributed by atoms with van der Waals surface area (Å²) >= 11 is 3.46. The molecule has 0 N–H and O–H groups in total. The van der Waals surface area contributed by atoms with Crippen LogP contribution in [0.25, 0.3) is 11.0 Å². The average Bonchev–Trinajstić information content (AvgIpc) is 3.00. The Kier molecular flexibility index (Phi) is 3.79. The molecule has 2 aromatic heterocycles. The first-order chi connectivity index (χ1) is 10.1. The van der Waals surface area contributed by atoms with Crippen LogP contribution in [0, 0.1) is 0 Å². The first-order valence-corrected chi connectivity index (χ1v) is 7.69. The number of amides is 1. The molecule has 3 heterocycles. The van der Waals surface area contributed by atoms with E-state index in [9.17, 15) is 4.79 Å². The van der Waals surface area contributed by atoms with Gasteiger partial charge in [0.05, 0.1) is 5.39 Å². The summed E-state index contributed by atoms with van der Waals surface area (Å²) in [6.45, 7) is 2.32. The van der Waals surface area contributed by atoms with Gasteiger partial charge in [-0.15, -0.1) is 0 Å². The van der Waals surface area contributed by atoms with Crippen LogP contribution in [0.1, 0.15) is 12.8 Å². The largest absolute Gasteiger partial charge is 0.357 e. The van der Waals surface area contributed by atoms with E-state index in [4.69, 9.17) is 0 Å². The Hall–Kier alpha value is -1.70. The second-order valence-electron chi connectivity index (χ2n) is 5.22. The molecule has 1 aliphatic heterocycles. The average molecular weight is 353 g/mol. The van der Waals surface area contributed by atoms with E-state index in [0.717, 1.165) is 47.5 Å². The molecule has 0 atom stereocenters. The SMILES string of the molecule is CN(CCN1CCCC1=O)c1ncnc2c1c(Br)nn2C. The van der Waals surface area contributed by atoms with Gasteiger partial charge < -0.3 is 9.80 Å². The lowest BCUT2D eigenvalue weighted by atomic mass is 10.3. The molecule has 3 rings (SSSR count). The zero-order valence-corrected chi connectivity index (χ0v) is 13.7. The van der Waals surface area contributed by atoms with Crippen LogP contribution in [0.4, 0.5) is 5.82 Å². The number of anilines is 1. The quantitative estimate of drug-likeness (QED) is 0.826. The van der Waals surface area contributed by atoms with Gasteiger partial charge in [-0.3, -0.25) is 4.79 Å². The van der Waals surface area contributed by atoms with Crippen LogP contribution >= 0.6 is 15.9 Å². The third kappa shape index (κ3) is 2.59. The molecule has 112 valence electrons. The molecule has 1 saturated heterocycles. The Labute approximate surface area is 131 Å². The topological polar surface area (TPSA) is 67.2 Å². The highest BCUT2D eigenvalue weighted by molar-refractivity contribution is 9.10. The summed E-state index contributed by atoms with van der Waals surface area (Å²) < 4.78 is 2.46. The van der Waals surface area contributed by atoms with Gasteiger partial charge in [-0.25, -0.2) is 14.6 Å². The van der Waals surface area contributed by atoms with Crippen molar-refractivity contribution in [2.45, 2.75) is 12.8 Å². The molecule has 1 amide bonds. The number of halogens is 1. The van der Waals surface area contributed by atoms with Gasteiger partial charge in [-0.2, -0.15) is 5.10 Å². The second kappa shape index (κ2) is 5.59. The van der Waals surface area contributed by atoms with E-state index in [1.54, 1.807) is 11.0 Å². The Bertz CT molecular complexity index is 685. The number of nitrogens with zero attached hydrogens (tertiary/aromatic N) is 6. The standard InChI is InChI=1S/C13H17BrN6O/c1-18(6-7-20-5-3-4-9(20)21)12-10-11(14)17-19(2)13(10)16-8-15-12/h8H,3-7H2,1-2H3. The van der Waals surface area contributed by atoms with E-state index >= 15 is 0 Å². The molecular formula is C13H17BrN6O. The van der Waals surface area contributed by atoms with E-state index in [1.165, 1.54) is 0 Å². The van der Waals surface area contributed by atoms with Gasteiger partial charge in [-0.05, 0) is 22.4 Å². The number of hydrogen-bond acceptors (Lipinski definition) is 5. The molecule has 0 aliphatic carbocycles. The molecule has 8 heteroatoms. The van der Waals surface area contributed by atoms with Crippen molar-refractivity contribution in [2.24, 2.45) is 7.05 Å². The number of likely N-dealkylation sites (N-methyl/N-ethyl adjacent to an activating group) is 1. The fourth-order valence-electron chi connectivity index (χ4n) is 2.63. The van der Waals surface area contributed by atoms with Crippen molar-refractivity contribution in [3.8, 4) is 0 Å². The molecule has 2 aromatic rings. The Morgan fingerprint density at radius 3 is 2.95 bits per heavy atom. The van der Waals surface area contributed by atoms with E-state index < -0.39 is 0 Å². The summed E-state index contributed by atoms with van der Waals surface area (Å²) in [6.07, 6.45) is 3.19. The molecule has 0 radical (unpaired) electrons. The predicted molar refractivity (Wildman–Crippen MR) is 83.1 cm³/mol. The van der Waals surface area contributed by atoms with Crippen LogP contribution in [0.15, 0.2) is 10.9 Å². The van der Waals surface area contributed by atoms with Crippen molar-refractivity contribution in [3.05, 3.63) is 10.9 Å². The maximum absolute atomic E-state index is 11.7. The fourth-order valence-corrected chi connectivity index (χ4v) is 3.23. The van der Waals surface area contributed by atoms with Gasteiger partial charge in [0.1, 0.15) is 16.7 Å². The van der Waals surface area contributed by atoms with Crippen molar-refractivity contribution in [1.29, 1.82) is 0 Å². The van der Waals surface area contributed by atoms with Crippen molar-refractivity contribution < 1.29 is 4.79 Å². The first-order valence-electron chi connectivity index (χ1n) is 6.90. The summed E-state index contributed by atoms with van der Waals surface area (Å²) in [7, 11) is 3.83. The molecule has 0 saturated carbocycles. The normalized spacial score (nSPS) is 15.2. The van der Waals surface area contributed by atoms with Gasteiger partial charge >= 0.3 is 0 Å². The molecule has 1 aliphatic rings. The van der Waals surface area contributed by atoms with Crippen LogP contribution in [0.3, 0.4) is 0 Å². The van der Waals surface area contributed by atoms with Gasteiger partial charge in [0.25, 0.3) is 0 Å². The Morgan fingerprint density at radius 1 is 1.43 bits per heavy atom. The molecule has 7 nitrogen and oxygen atoms in total. The molecule has 0 unspecified atom stereocenters. The molecule has 0 spiro atoms. The van der Waals surface area contributed by atoms with Gasteiger partial charge in [-0.1, -0.05) is 0 Å². The number of carbonyl (C=O) groups excluding carboxylic acids is 1. The third-order valence-corrected chi connectivity index (χ3v) is 4.35. The summed E-state index contributed by atoms with van der Waals surface area (Å²) in [5.41, 5.74) is 0.788. The van der Waals surface area contributed by atoms with Crippen molar-refractivity contribution in [1.82, 2.24) is 24.6 Å². The van der Waals surface area contributed by atoms with Gasteiger partial charge in [0.15, 0.2) is 5.65 Å². The highest BCUT2D eigenvalue weighted by Gasteiger charge is 2.21. The van der Waals surface area contributed by atoms with E-state index in [0.29, 0.717) is 6.42 Å². The Balaban J connectivity index is 1.81. The minimum absolute atomic E-state index is 0.249. The highest BCUT2D eigenvalue weighted by atomic mass is 79.9. The summed E-state index contributed by atoms with van der Waals surface area (Å²) in [5.74, 6) is 1.07. The predicted octanol–water partition coefficient (Wildman–Crippen LogP) is 1.18. The summed E-state index contributed by atoms with van der Waals surface area (Å²) in [6, 6.07) is 0. The molecule has 1 fully saturated rings. The number of aryl methyl sites for hydroxylation is 1. The Morgan fingerprint density at radius 2 is 2.24 bits per heavy atom. The van der Waals surface area contributed by atoms with Crippen LogP contribution in [-0.4, -0.2) is 57.2 Å². The summed E-state index contributed by atoms with van der Waals surface area (Å²) in [5, 5.41) is 5.22. The van der Waals surface area contributed by atoms with Crippen LogP contribution in [-0.2, 0) is 11.8 Å². The smallest absolute Gasteiger partial charge is 0.222 e. The van der Waals surface area contributed by atoms with Crippen molar-refractivity contribution >= 4 is 38.7 Å². The molecule has 0 aromatic carbocycles. The number of fused-ring (bicyclic) bond motifs is 1. The number of rotatable bonds is 4. The number of likely N-dealkylation sites (tertiary alicyclic amines) is 1. The van der Waals surface area contributed by atoms with E-state index in [1.807, 2.05) is 23.9 Å². The maximum Gasteiger partial charge on any atom is 0.222 e. The van der Waals surface area contributed by atoms with Crippen LogP contribution < -0.4 is 4.90 Å². The lowest BCUT2D eigenvalue weighted by Gasteiger charge is -2.22. The van der Waals surface area contributed by atoms with Crippen LogP contribution in [0.5, 0.6) is 0 Å². The van der Waals surface area contributed by atoms with Crippen molar-refractivity contribution in [3.63, 3.8) is 0 Å². The second-order valence-corrected chi connectivity index (χ2v) is 5.97. The van der Waals surface area contributed by atoms with Crippen molar-refractivity contribution in [2.75, 3.05) is 31.6 Å². The molecule has 21 heavy (non-hydrogen) atoms. The minimum atomic E-state index is 0.249. The summed E-state index contributed by atoms with van der Waals surface area (Å²) in [4.78, 5) is 24.2. The number of hydrogen-bond donors (Lipinski definition) is 0. The van der Waals surface area contributed by atoms with Gasteiger partial charge in [0.2, 0.25) is 5.91 Å². The maximum atomic E-state index is 11.7. The number of aromatic nitrogens is 4. The van der Waals surface area contributed by atoms with Crippen LogP contribution in [0.2, 0.25) is 0 Å². The first kappa shape index (κ1) is 14.2. The highest BCUT2D eigenvalue weighted by Crippen LogP contribution is 2.28. The molecular weight excluding hydrogens is 336 g/mol. The lowest BCUT2D eigenvalue weighted by Crippen LogP contribution is -2.34. The zero-order chi connectivity index (χ0) is 15.0. The van der Waals surface area contributed by atoms with E-state index in [2.05, 4.69) is 31.0 Å². The van der Waals surface area contributed by atoms with Gasteiger partial charge in [0, 0.05) is 40.2 Å². The fraction of sp³-hybridized carbons (Fsp3) is 0.538. The number of carbonyl (C=O) groups is 1. The zero-order valence-electron chi connectivity index (χ0n) is 12.1. The third-order valence-electron chi connectivity index (χ3n) is 3.80. The lowest BCUT2D eigenvalue weighted by molar-refractivity contribution is -0.127. The van der Waals surface area contributed by atoms with E-state index in [-0.39, 0.29) is 5.91 Å². The minimum Gasteiger partial charge on any atom is -0.357 e.